The zero-order valence-corrected chi connectivity index (χ0v) is 12.3. The van der Waals surface area contributed by atoms with Crippen molar-refractivity contribution in [3.8, 4) is 0 Å². The lowest BCUT2D eigenvalue weighted by atomic mass is 9.95. The molecule has 4 heteroatoms. The van der Waals surface area contributed by atoms with E-state index in [1.165, 1.54) is 39.2 Å². The van der Waals surface area contributed by atoms with E-state index in [2.05, 4.69) is 10.6 Å². The van der Waals surface area contributed by atoms with E-state index in [0.717, 1.165) is 11.4 Å². The molecule has 1 atom stereocenters. The number of rotatable bonds is 5. The van der Waals surface area contributed by atoms with Crippen LogP contribution in [0.1, 0.15) is 39.0 Å². The summed E-state index contributed by atoms with van der Waals surface area (Å²) in [4.78, 5) is 11.8. The Hall–Kier alpha value is -1.55. The standard InChI is InChI=1S/C16H24N2O2/c1-12(20-2)16(19)18-15-10-6-9-14(11-15)17-13-7-4-3-5-8-13/h6,9-13,17H,3-5,7-8H2,1-2H3,(H,18,19). The van der Waals surface area contributed by atoms with Gasteiger partial charge in [0, 0.05) is 24.5 Å². The number of hydrogen-bond acceptors (Lipinski definition) is 3. The third-order valence-corrected chi connectivity index (χ3v) is 3.83. The van der Waals surface area contributed by atoms with Gasteiger partial charge in [-0.15, -0.1) is 0 Å². The third kappa shape index (κ3) is 4.23. The normalized spacial score (nSPS) is 17.5. The fourth-order valence-corrected chi connectivity index (χ4v) is 2.52. The Bertz CT molecular complexity index is 442. The first-order chi connectivity index (χ1) is 9.69. The number of amides is 1. The molecule has 1 aromatic carbocycles. The van der Waals surface area contributed by atoms with Crippen LogP contribution < -0.4 is 10.6 Å². The van der Waals surface area contributed by atoms with Crippen LogP contribution in [-0.2, 0) is 9.53 Å². The Kier molecular flexibility index (Phi) is 5.41. The highest BCUT2D eigenvalue weighted by atomic mass is 16.5. The molecule has 1 saturated carbocycles. The van der Waals surface area contributed by atoms with Gasteiger partial charge in [0.05, 0.1) is 0 Å². The van der Waals surface area contributed by atoms with E-state index >= 15 is 0 Å². The van der Waals surface area contributed by atoms with Crippen molar-refractivity contribution < 1.29 is 9.53 Å². The molecule has 0 aliphatic heterocycles. The van der Waals surface area contributed by atoms with Crippen molar-refractivity contribution in [3.63, 3.8) is 0 Å². The number of nitrogens with one attached hydrogen (secondary N) is 2. The van der Waals surface area contributed by atoms with Gasteiger partial charge in [0.2, 0.25) is 0 Å². The number of methoxy groups -OCH3 is 1. The van der Waals surface area contributed by atoms with Crippen molar-refractivity contribution >= 4 is 17.3 Å². The molecule has 2 rings (SSSR count). The molecule has 1 unspecified atom stereocenters. The Morgan fingerprint density at radius 3 is 2.65 bits per heavy atom. The summed E-state index contributed by atoms with van der Waals surface area (Å²) in [5, 5.41) is 6.42. The highest BCUT2D eigenvalue weighted by molar-refractivity contribution is 5.94. The molecule has 0 saturated heterocycles. The van der Waals surface area contributed by atoms with Crippen LogP contribution in [0.25, 0.3) is 0 Å². The molecule has 20 heavy (non-hydrogen) atoms. The number of anilines is 2. The molecule has 0 bridgehead atoms. The summed E-state index contributed by atoms with van der Waals surface area (Å²) in [6.07, 6.45) is 5.99. The molecule has 1 aliphatic carbocycles. The minimum atomic E-state index is -0.440. The number of carbonyl (C=O) groups excluding carboxylic acids is 1. The molecule has 0 heterocycles. The number of carbonyl (C=O) groups is 1. The number of benzene rings is 1. The molecule has 0 spiro atoms. The van der Waals surface area contributed by atoms with Gasteiger partial charge < -0.3 is 15.4 Å². The van der Waals surface area contributed by atoms with E-state index in [4.69, 9.17) is 4.74 Å². The Labute approximate surface area is 120 Å². The quantitative estimate of drug-likeness (QED) is 0.866. The Balaban J connectivity index is 1.94. The van der Waals surface area contributed by atoms with Crippen molar-refractivity contribution in [1.29, 1.82) is 0 Å². The fraction of sp³-hybridized carbons (Fsp3) is 0.562. The zero-order valence-electron chi connectivity index (χ0n) is 12.3. The summed E-state index contributed by atoms with van der Waals surface area (Å²) in [5.74, 6) is -0.123. The molecule has 0 aromatic heterocycles. The van der Waals surface area contributed by atoms with Gasteiger partial charge in [-0.2, -0.15) is 0 Å². The van der Waals surface area contributed by atoms with Crippen LogP contribution in [0.2, 0.25) is 0 Å². The van der Waals surface area contributed by atoms with Gasteiger partial charge in [0.1, 0.15) is 6.10 Å². The lowest BCUT2D eigenvalue weighted by molar-refractivity contribution is -0.124. The molecule has 4 nitrogen and oxygen atoms in total. The first kappa shape index (κ1) is 14.9. The van der Waals surface area contributed by atoms with E-state index in [1.807, 2.05) is 24.3 Å². The van der Waals surface area contributed by atoms with Crippen LogP contribution in [0.3, 0.4) is 0 Å². The average molecular weight is 276 g/mol. The van der Waals surface area contributed by atoms with Crippen LogP contribution in [0.5, 0.6) is 0 Å². The molecule has 2 N–H and O–H groups in total. The zero-order chi connectivity index (χ0) is 14.4. The summed E-state index contributed by atoms with van der Waals surface area (Å²) < 4.78 is 5.01. The van der Waals surface area contributed by atoms with Crippen LogP contribution >= 0.6 is 0 Å². The summed E-state index contributed by atoms with van der Waals surface area (Å²) in [7, 11) is 1.53. The molecule has 1 amide bonds. The molecular weight excluding hydrogens is 252 g/mol. The van der Waals surface area contributed by atoms with E-state index in [9.17, 15) is 4.79 Å². The minimum Gasteiger partial charge on any atom is -0.382 e. The topological polar surface area (TPSA) is 50.4 Å². The molecule has 110 valence electrons. The maximum Gasteiger partial charge on any atom is 0.253 e. The first-order valence-electron chi connectivity index (χ1n) is 7.39. The summed E-state index contributed by atoms with van der Waals surface area (Å²) in [5.41, 5.74) is 1.87. The van der Waals surface area contributed by atoms with E-state index in [1.54, 1.807) is 6.92 Å². The van der Waals surface area contributed by atoms with E-state index < -0.39 is 6.10 Å². The lowest BCUT2D eigenvalue weighted by Crippen LogP contribution is -2.26. The van der Waals surface area contributed by atoms with Crippen LogP contribution in [0.15, 0.2) is 24.3 Å². The smallest absolute Gasteiger partial charge is 0.253 e. The molecule has 1 aromatic rings. The van der Waals surface area contributed by atoms with E-state index in [-0.39, 0.29) is 5.91 Å². The predicted molar refractivity (Wildman–Crippen MR) is 82.0 cm³/mol. The highest BCUT2D eigenvalue weighted by Gasteiger charge is 2.14. The monoisotopic (exact) mass is 276 g/mol. The van der Waals surface area contributed by atoms with Gasteiger partial charge >= 0.3 is 0 Å². The van der Waals surface area contributed by atoms with Gasteiger partial charge in [-0.05, 0) is 38.0 Å². The van der Waals surface area contributed by atoms with Crippen LogP contribution in [0.4, 0.5) is 11.4 Å². The molecule has 0 radical (unpaired) electrons. The number of hydrogen-bond donors (Lipinski definition) is 2. The second-order valence-electron chi connectivity index (χ2n) is 5.43. The van der Waals surface area contributed by atoms with Crippen LogP contribution in [0, 0.1) is 0 Å². The lowest BCUT2D eigenvalue weighted by Gasteiger charge is -2.24. The average Bonchev–Trinajstić information content (AvgIpc) is 2.47. The van der Waals surface area contributed by atoms with Crippen molar-refractivity contribution in [2.45, 2.75) is 51.2 Å². The van der Waals surface area contributed by atoms with Gasteiger partial charge in [-0.3, -0.25) is 4.79 Å². The van der Waals surface area contributed by atoms with E-state index in [0.29, 0.717) is 6.04 Å². The first-order valence-corrected chi connectivity index (χ1v) is 7.39. The van der Waals surface area contributed by atoms with Crippen LogP contribution in [-0.4, -0.2) is 25.2 Å². The third-order valence-electron chi connectivity index (χ3n) is 3.83. The van der Waals surface area contributed by atoms with Gasteiger partial charge in [0.25, 0.3) is 5.91 Å². The molecule has 1 aliphatic rings. The fourth-order valence-electron chi connectivity index (χ4n) is 2.52. The Morgan fingerprint density at radius 2 is 1.95 bits per heavy atom. The highest BCUT2D eigenvalue weighted by Crippen LogP contribution is 2.23. The SMILES string of the molecule is COC(C)C(=O)Nc1cccc(NC2CCCCC2)c1. The maximum absolute atomic E-state index is 11.8. The molecular formula is C16H24N2O2. The van der Waals surface area contributed by atoms with Gasteiger partial charge in [-0.1, -0.05) is 25.3 Å². The van der Waals surface area contributed by atoms with Crippen molar-refractivity contribution in [2.75, 3.05) is 17.7 Å². The second-order valence-corrected chi connectivity index (χ2v) is 5.43. The van der Waals surface area contributed by atoms with Crippen molar-refractivity contribution in [3.05, 3.63) is 24.3 Å². The number of ether oxygens (including phenoxy) is 1. The van der Waals surface area contributed by atoms with Gasteiger partial charge in [-0.25, -0.2) is 0 Å². The predicted octanol–water partition coefficient (Wildman–Crippen LogP) is 3.40. The largest absolute Gasteiger partial charge is 0.382 e. The maximum atomic E-state index is 11.8. The Morgan fingerprint density at radius 1 is 1.25 bits per heavy atom. The second kappa shape index (κ2) is 7.29. The minimum absolute atomic E-state index is 0.123. The summed E-state index contributed by atoms with van der Waals surface area (Å²) >= 11 is 0. The van der Waals surface area contributed by atoms with Gasteiger partial charge in [0.15, 0.2) is 0 Å². The summed E-state index contributed by atoms with van der Waals surface area (Å²) in [6.45, 7) is 1.74. The summed E-state index contributed by atoms with van der Waals surface area (Å²) in [6, 6.07) is 8.44. The van der Waals surface area contributed by atoms with Crippen molar-refractivity contribution in [1.82, 2.24) is 0 Å². The van der Waals surface area contributed by atoms with Crippen molar-refractivity contribution in [2.24, 2.45) is 0 Å². The molecule has 1 fully saturated rings.